The highest BCUT2D eigenvalue weighted by Crippen LogP contribution is 2.38. The van der Waals surface area contributed by atoms with Gasteiger partial charge in [-0.25, -0.2) is 0 Å². The molecule has 1 N–H and O–H groups in total. The van der Waals surface area contributed by atoms with Crippen molar-refractivity contribution in [2.75, 3.05) is 13.7 Å². The Morgan fingerprint density at radius 2 is 1.89 bits per heavy atom. The lowest BCUT2D eigenvalue weighted by Crippen LogP contribution is -2.40. The van der Waals surface area contributed by atoms with Crippen molar-refractivity contribution in [1.82, 2.24) is 0 Å². The van der Waals surface area contributed by atoms with Crippen LogP contribution in [0.15, 0.2) is 66.7 Å². The number of fused-ring (bicyclic) bond motifs is 1. The van der Waals surface area contributed by atoms with Crippen molar-refractivity contribution < 1.29 is 19.3 Å². The van der Waals surface area contributed by atoms with Crippen LogP contribution in [0.25, 0.3) is 10.8 Å². The Morgan fingerprint density at radius 1 is 1.04 bits per heavy atom. The summed E-state index contributed by atoms with van der Waals surface area (Å²) in [5, 5.41) is 12.3. The third-order valence-electron chi connectivity index (χ3n) is 5.29. The first kappa shape index (κ1) is 18.0. The number of ether oxygens (including phenoxy) is 3. The molecule has 4 nitrogen and oxygen atoms in total. The van der Waals surface area contributed by atoms with Gasteiger partial charge < -0.3 is 19.3 Å². The van der Waals surface area contributed by atoms with Crippen molar-refractivity contribution in [2.24, 2.45) is 0 Å². The maximum Gasteiger partial charge on any atom is 0.157 e. The summed E-state index contributed by atoms with van der Waals surface area (Å²) in [5.41, 5.74) is 1.59. The monoisotopic (exact) mass is 364 g/mol. The molecule has 1 fully saturated rings. The summed E-state index contributed by atoms with van der Waals surface area (Å²) in [5.74, 6) is 0.790. The molecule has 0 spiro atoms. The minimum absolute atomic E-state index is 0.414. The number of hydrogen-bond donors (Lipinski definition) is 1. The first-order valence-electron chi connectivity index (χ1n) is 9.24. The van der Waals surface area contributed by atoms with Gasteiger partial charge >= 0.3 is 0 Å². The quantitative estimate of drug-likeness (QED) is 0.729. The molecule has 3 aromatic rings. The second-order valence-corrected chi connectivity index (χ2v) is 6.98. The summed E-state index contributed by atoms with van der Waals surface area (Å²) < 4.78 is 17.1. The van der Waals surface area contributed by atoms with E-state index in [2.05, 4.69) is 30.3 Å². The fourth-order valence-corrected chi connectivity index (χ4v) is 3.73. The summed E-state index contributed by atoms with van der Waals surface area (Å²) in [6.07, 6.45) is 0.313. The van der Waals surface area contributed by atoms with Crippen LogP contribution in [0.2, 0.25) is 0 Å². The molecule has 0 aromatic heterocycles. The second kappa shape index (κ2) is 7.69. The van der Waals surface area contributed by atoms with Gasteiger partial charge in [-0.3, -0.25) is 0 Å². The van der Waals surface area contributed by atoms with E-state index in [1.807, 2.05) is 36.4 Å². The van der Waals surface area contributed by atoms with Gasteiger partial charge in [0.25, 0.3) is 0 Å². The topological polar surface area (TPSA) is 47.9 Å². The van der Waals surface area contributed by atoms with Crippen molar-refractivity contribution in [2.45, 2.75) is 31.3 Å². The third kappa shape index (κ3) is 3.83. The van der Waals surface area contributed by atoms with Crippen molar-refractivity contribution in [3.05, 3.63) is 77.9 Å². The molecule has 0 bridgehead atoms. The van der Waals surface area contributed by atoms with Gasteiger partial charge in [0.15, 0.2) is 6.29 Å². The Balaban J connectivity index is 1.52. The van der Waals surface area contributed by atoms with Crippen LogP contribution < -0.4 is 4.74 Å². The van der Waals surface area contributed by atoms with E-state index in [4.69, 9.17) is 14.2 Å². The first-order chi connectivity index (χ1) is 13.2. The predicted octanol–water partition coefficient (Wildman–Crippen LogP) is 4.39. The van der Waals surface area contributed by atoms with Crippen LogP contribution in [0.4, 0.5) is 0 Å². The lowest BCUT2D eigenvalue weighted by Gasteiger charge is -2.38. The van der Waals surface area contributed by atoms with Gasteiger partial charge in [0, 0.05) is 20.0 Å². The molecule has 0 radical (unpaired) electrons. The average molecular weight is 364 g/mol. The Kier molecular flexibility index (Phi) is 5.12. The van der Waals surface area contributed by atoms with Gasteiger partial charge in [-0.1, -0.05) is 48.5 Å². The van der Waals surface area contributed by atoms with E-state index in [0.29, 0.717) is 26.1 Å². The molecular weight excluding hydrogens is 340 g/mol. The molecule has 140 valence electrons. The van der Waals surface area contributed by atoms with E-state index in [0.717, 1.165) is 16.9 Å². The predicted molar refractivity (Wildman–Crippen MR) is 105 cm³/mol. The molecule has 0 saturated carbocycles. The number of aliphatic hydroxyl groups excluding tert-OH is 1. The van der Waals surface area contributed by atoms with Gasteiger partial charge in [-0.2, -0.15) is 0 Å². The molecule has 1 aliphatic heterocycles. The molecule has 4 heteroatoms. The average Bonchev–Trinajstić information content (AvgIpc) is 2.72. The summed E-state index contributed by atoms with van der Waals surface area (Å²) >= 11 is 0. The summed E-state index contributed by atoms with van der Waals surface area (Å²) in [7, 11) is 1.68. The minimum atomic E-state index is -0.805. The Labute approximate surface area is 159 Å². The molecule has 3 aromatic carbocycles. The molecule has 4 rings (SSSR count). The highest BCUT2D eigenvalue weighted by molar-refractivity contribution is 5.82. The number of methoxy groups -OCH3 is 1. The molecular formula is C23H24O4. The SMILES string of the molecule is COC1(c2cccc(OCc3ccc4ccccc4c3)c2)CCOC(O)C1. The maximum atomic E-state index is 9.91. The standard InChI is InChI=1S/C23H24O4/c1-25-23(11-12-26-22(24)15-23)20-7-4-8-21(14-20)27-16-17-9-10-18-5-2-3-6-19(18)13-17/h2-10,13-14,22,24H,11-12,15-16H2,1H3. The van der Waals surface area contributed by atoms with E-state index in [9.17, 15) is 5.11 Å². The van der Waals surface area contributed by atoms with Crippen molar-refractivity contribution >= 4 is 10.8 Å². The molecule has 2 unspecified atom stereocenters. The van der Waals surface area contributed by atoms with E-state index >= 15 is 0 Å². The van der Waals surface area contributed by atoms with Crippen LogP contribution >= 0.6 is 0 Å². The fraction of sp³-hybridized carbons (Fsp3) is 0.304. The molecule has 27 heavy (non-hydrogen) atoms. The van der Waals surface area contributed by atoms with Crippen molar-refractivity contribution in [1.29, 1.82) is 0 Å². The molecule has 1 heterocycles. The molecule has 1 saturated heterocycles. The van der Waals surface area contributed by atoms with Crippen molar-refractivity contribution in [3.63, 3.8) is 0 Å². The van der Waals surface area contributed by atoms with Gasteiger partial charge in [-0.05, 0) is 40.1 Å². The van der Waals surface area contributed by atoms with Crippen LogP contribution in [0.1, 0.15) is 24.0 Å². The summed E-state index contributed by atoms with van der Waals surface area (Å²) in [6.45, 7) is 0.969. The van der Waals surface area contributed by atoms with Crippen LogP contribution in [0.5, 0.6) is 5.75 Å². The lowest BCUT2D eigenvalue weighted by atomic mass is 9.85. The van der Waals surface area contributed by atoms with E-state index in [1.54, 1.807) is 7.11 Å². The van der Waals surface area contributed by atoms with Crippen LogP contribution in [0, 0.1) is 0 Å². The molecule has 1 aliphatic rings. The number of hydrogen-bond acceptors (Lipinski definition) is 4. The summed E-state index contributed by atoms with van der Waals surface area (Å²) in [6, 6.07) is 22.6. The highest BCUT2D eigenvalue weighted by Gasteiger charge is 2.38. The lowest BCUT2D eigenvalue weighted by molar-refractivity contribution is -0.198. The number of rotatable bonds is 5. The second-order valence-electron chi connectivity index (χ2n) is 6.98. The first-order valence-corrected chi connectivity index (χ1v) is 9.24. The van der Waals surface area contributed by atoms with Gasteiger partial charge in [0.1, 0.15) is 12.4 Å². The molecule has 2 atom stereocenters. The minimum Gasteiger partial charge on any atom is -0.489 e. The zero-order valence-electron chi connectivity index (χ0n) is 15.4. The summed E-state index contributed by atoms with van der Waals surface area (Å²) in [4.78, 5) is 0. The number of benzene rings is 3. The fourth-order valence-electron chi connectivity index (χ4n) is 3.73. The number of aliphatic hydroxyl groups is 1. The zero-order chi connectivity index (χ0) is 18.7. The molecule has 0 aliphatic carbocycles. The third-order valence-corrected chi connectivity index (χ3v) is 5.29. The Hall–Kier alpha value is -2.40. The van der Waals surface area contributed by atoms with Crippen LogP contribution in [-0.2, 0) is 21.7 Å². The highest BCUT2D eigenvalue weighted by atomic mass is 16.6. The molecule has 0 amide bonds. The zero-order valence-corrected chi connectivity index (χ0v) is 15.4. The largest absolute Gasteiger partial charge is 0.489 e. The van der Waals surface area contributed by atoms with E-state index < -0.39 is 11.9 Å². The Morgan fingerprint density at radius 3 is 2.70 bits per heavy atom. The Bertz CT molecular complexity index is 923. The van der Waals surface area contributed by atoms with E-state index in [-0.39, 0.29) is 0 Å². The van der Waals surface area contributed by atoms with E-state index in [1.165, 1.54) is 10.8 Å². The van der Waals surface area contributed by atoms with Crippen molar-refractivity contribution in [3.8, 4) is 5.75 Å². The van der Waals surface area contributed by atoms with Crippen LogP contribution in [-0.4, -0.2) is 25.1 Å². The normalized spacial score (nSPS) is 22.7. The van der Waals surface area contributed by atoms with Gasteiger partial charge in [0.2, 0.25) is 0 Å². The van der Waals surface area contributed by atoms with Gasteiger partial charge in [0.05, 0.1) is 12.2 Å². The smallest absolute Gasteiger partial charge is 0.157 e. The van der Waals surface area contributed by atoms with Crippen LogP contribution in [0.3, 0.4) is 0 Å². The van der Waals surface area contributed by atoms with Gasteiger partial charge in [-0.15, -0.1) is 0 Å². The maximum absolute atomic E-state index is 9.91.